The highest BCUT2D eigenvalue weighted by atomic mass is 32.2. The lowest BCUT2D eigenvalue weighted by Gasteiger charge is -2.17. The number of carbonyl (C=O) groups is 1. The molecule has 0 bridgehead atoms. The zero-order valence-electron chi connectivity index (χ0n) is 18.0. The number of hydrogen-bond donors (Lipinski definition) is 2. The highest BCUT2D eigenvalue weighted by Gasteiger charge is 2.18. The number of ether oxygens (including phenoxy) is 1. The molecule has 162 valence electrons. The van der Waals surface area contributed by atoms with Gasteiger partial charge in [-0.1, -0.05) is 30.3 Å². The second kappa shape index (κ2) is 9.22. The number of anilines is 2. The first-order valence-corrected chi connectivity index (χ1v) is 11.4. The first kappa shape index (κ1) is 22.4. The van der Waals surface area contributed by atoms with Gasteiger partial charge in [-0.25, -0.2) is 8.42 Å². The van der Waals surface area contributed by atoms with Gasteiger partial charge in [-0.3, -0.25) is 9.52 Å². The van der Waals surface area contributed by atoms with Crippen molar-refractivity contribution in [2.75, 3.05) is 10.0 Å². The molecule has 31 heavy (non-hydrogen) atoms. The molecule has 3 rings (SSSR count). The maximum atomic E-state index is 12.6. The molecule has 0 aromatic heterocycles. The van der Waals surface area contributed by atoms with Gasteiger partial charge in [0.15, 0.2) is 6.10 Å². The van der Waals surface area contributed by atoms with Crippen molar-refractivity contribution < 1.29 is 17.9 Å². The second-order valence-corrected chi connectivity index (χ2v) is 9.07. The lowest BCUT2D eigenvalue weighted by atomic mass is 10.1. The summed E-state index contributed by atoms with van der Waals surface area (Å²) >= 11 is 0. The number of benzene rings is 3. The van der Waals surface area contributed by atoms with E-state index in [0.29, 0.717) is 17.1 Å². The largest absolute Gasteiger partial charge is 0.481 e. The Morgan fingerprint density at radius 2 is 1.52 bits per heavy atom. The Morgan fingerprint density at radius 1 is 0.871 bits per heavy atom. The molecule has 3 aromatic carbocycles. The van der Waals surface area contributed by atoms with Gasteiger partial charge in [0.05, 0.1) is 10.6 Å². The zero-order valence-corrected chi connectivity index (χ0v) is 18.8. The molecule has 0 aliphatic heterocycles. The maximum absolute atomic E-state index is 12.6. The van der Waals surface area contributed by atoms with E-state index < -0.39 is 16.1 Å². The van der Waals surface area contributed by atoms with Crippen LogP contribution in [0.25, 0.3) is 0 Å². The van der Waals surface area contributed by atoms with Crippen molar-refractivity contribution in [2.45, 2.75) is 38.7 Å². The fourth-order valence-corrected chi connectivity index (χ4v) is 4.08. The van der Waals surface area contributed by atoms with E-state index in [2.05, 4.69) is 10.0 Å². The summed E-state index contributed by atoms with van der Waals surface area (Å²) in [5, 5.41) is 2.75. The summed E-state index contributed by atoms with van der Waals surface area (Å²) in [6.45, 7) is 7.43. The van der Waals surface area contributed by atoms with Gasteiger partial charge in [-0.15, -0.1) is 0 Å². The third-order valence-corrected chi connectivity index (χ3v) is 6.43. The first-order chi connectivity index (χ1) is 14.7. The molecular weight excluding hydrogens is 412 g/mol. The van der Waals surface area contributed by atoms with Crippen molar-refractivity contribution in [2.24, 2.45) is 0 Å². The van der Waals surface area contributed by atoms with Gasteiger partial charge >= 0.3 is 0 Å². The molecule has 2 N–H and O–H groups in total. The molecular formula is C24H26N2O4S. The third kappa shape index (κ3) is 5.44. The SMILES string of the molecule is Cc1ccccc1NS(=O)(=O)c1ccc(NC(=O)[C@@H](C)Oc2cccc(C)c2C)cc1. The number of hydrogen-bond acceptors (Lipinski definition) is 4. The monoisotopic (exact) mass is 438 g/mol. The number of amides is 1. The summed E-state index contributed by atoms with van der Waals surface area (Å²) in [4.78, 5) is 12.6. The predicted molar refractivity (Wildman–Crippen MR) is 123 cm³/mol. The average molecular weight is 439 g/mol. The number of carbonyl (C=O) groups excluding carboxylic acids is 1. The molecule has 1 atom stereocenters. The average Bonchev–Trinajstić information content (AvgIpc) is 2.73. The fourth-order valence-electron chi connectivity index (χ4n) is 2.95. The van der Waals surface area contributed by atoms with E-state index in [9.17, 15) is 13.2 Å². The van der Waals surface area contributed by atoms with E-state index >= 15 is 0 Å². The Labute approximate surface area is 183 Å². The van der Waals surface area contributed by atoms with E-state index in [-0.39, 0.29) is 10.8 Å². The number of rotatable bonds is 7. The van der Waals surface area contributed by atoms with Crippen LogP contribution in [-0.4, -0.2) is 20.4 Å². The molecule has 0 fully saturated rings. The molecule has 0 saturated heterocycles. The molecule has 0 aliphatic carbocycles. The van der Waals surface area contributed by atoms with E-state index in [1.165, 1.54) is 12.1 Å². The Balaban J connectivity index is 1.66. The summed E-state index contributed by atoms with van der Waals surface area (Å²) < 4.78 is 33.7. The van der Waals surface area contributed by atoms with E-state index in [4.69, 9.17) is 4.74 Å². The molecule has 0 aliphatic rings. The zero-order chi connectivity index (χ0) is 22.6. The van der Waals surface area contributed by atoms with Crippen LogP contribution in [0.5, 0.6) is 5.75 Å². The van der Waals surface area contributed by atoms with Crippen LogP contribution in [0.15, 0.2) is 71.6 Å². The standard InChI is InChI=1S/C24H26N2O4S/c1-16-9-7-11-23(18(16)3)30-19(4)24(27)25-20-12-14-21(15-13-20)31(28,29)26-22-10-6-5-8-17(22)2/h5-15,19,26H,1-4H3,(H,25,27)/t19-/m1/s1. The van der Waals surface area contributed by atoms with E-state index in [0.717, 1.165) is 16.7 Å². The van der Waals surface area contributed by atoms with Crippen LogP contribution in [0.4, 0.5) is 11.4 Å². The maximum Gasteiger partial charge on any atom is 0.265 e. The minimum absolute atomic E-state index is 0.105. The number of para-hydroxylation sites is 1. The number of aryl methyl sites for hydroxylation is 2. The van der Waals surface area contributed by atoms with Crippen molar-refractivity contribution in [3.05, 3.63) is 83.4 Å². The second-order valence-electron chi connectivity index (χ2n) is 7.39. The highest BCUT2D eigenvalue weighted by molar-refractivity contribution is 7.92. The van der Waals surface area contributed by atoms with Gasteiger partial charge in [0, 0.05) is 5.69 Å². The fraction of sp³-hybridized carbons (Fsp3) is 0.208. The van der Waals surface area contributed by atoms with Crippen LogP contribution < -0.4 is 14.8 Å². The van der Waals surface area contributed by atoms with Crippen LogP contribution in [0.3, 0.4) is 0 Å². The smallest absolute Gasteiger partial charge is 0.265 e. The lowest BCUT2D eigenvalue weighted by molar-refractivity contribution is -0.122. The minimum Gasteiger partial charge on any atom is -0.481 e. The molecule has 7 heteroatoms. The normalized spacial score (nSPS) is 12.1. The van der Waals surface area contributed by atoms with Crippen LogP contribution >= 0.6 is 0 Å². The summed E-state index contributed by atoms with van der Waals surface area (Å²) in [6.07, 6.45) is -0.716. The molecule has 6 nitrogen and oxygen atoms in total. The summed E-state index contributed by atoms with van der Waals surface area (Å²) in [5.74, 6) is 0.334. The van der Waals surface area contributed by atoms with Crippen molar-refractivity contribution in [1.82, 2.24) is 0 Å². The van der Waals surface area contributed by atoms with Crippen molar-refractivity contribution in [3.8, 4) is 5.75 Å². The van der Waals surface area contributed by atoms with Gasteiger partial charge in [0.25, 0.3) is 15.9 Å². The van der Waals surface area contributed by atoms with Crippen LogP contribution in [0.1, 0.15) is 23.6 Å². The topological polar surface area (TPSA) is 84.5 Å². The van der Waals surface area contributed by atoms with Crippen LogP contribution in [0.2, 0.25) is 0 Å². The van der Waals surface area contributed by atoms with Gasteiger partial charge in [0.1, 0.15) is 5.75 Å². The lowest BCUT2D eigenvalue weighted by Crippen LogP contribution is -2.30. The van der Waals surface area contributed by atoms with Crippen molar-refractivity contribution in [3.63, 3.8) is 0 Å². The van der Waals surface area contributed by atoms with Crippen molar-refractivity contribution >= 4 is 27.3 Å². The Kier molecular flexibility index (Phi) is 6.65. The Morgan fingerprint density at radius 3 is 2.19 bits per heavy atom. The summed E-state index contributed by atoms with van der Waals surface area (Å²) in [7, 11) is -3.73. The summed E-state index contributed by atoms with van der Waals surface area (Å²) in [5.41, 5.74) is 3.90. The van der Waals surface area contributed by atoms with Gasteiger partial charge in [0.2, 0.25) is 0 Å². The number of sulfonamides is 1. The van der Waals surface area contributed by atoms with Crippen LogP contribution in [-0.2, 0) is 14.8 Å². The molecule has 0 spiro atoms. The Bertz CT molecular complexity index is 1190. The Hall–Kier alpha value is -3.32. The van der Waals surface area contributed by atoms with Gasteiger partial charge in [-0.2, -0.15) is 0 Å². The molecule has 1 amide bonds. The molecule has 0 unspecified atom stereocenters. The van der Waals surface area contributed by atoms with E-state index in [1.54, 1.807) is 31.2 Å². The van der Waals surface area contributed by atoms with Gasteiger partial charge < -0.3 is 10.1 Å². The summed E-state index contributed by atoms with van der Waals surface area (Å²) in [6, 6.07) is 18.8. The van der Waals surface area contributed by atoms with Gasteiger partial charge in [-0.05, 0) is 80.8 Å². The first-order valence-electron chi connectivity index (χ1n) is 9.89. The molecule has 3 aromatic rings. The molecule has 0 saturated carbocycles. The van der Waals surface area contributed by atoms with Crippen LogP contribution in [0, 0.1) is 20.8 Å². The molecule has 0 heterocycles. The minimum atomic E-state index is -3.73. The van der Waals surface area contributed by atoms with Crippen molar-refractivity contribution in [1.29, 1.82) is 0 Å². The van der Waals surface area contributed by atoms with E-state index in [1.807, 2.05) is 51.1 Å². The predicted octanol–water partition coefficient (Wildman–Crippen LogP) is 4.82. The highest BCUT2D eigenvalue weighted by Crippen LogP contribution is 2.23. The molecule has 0 radical (unpaired) electrons. The quantitative estimate of drug-likeness (QED) is 0.554. The number of nitrogens with one attached hydrogen (secondary N) is 2. The third-order valence-electron chi connectivity index (χ3n) is 5.05.